The summed E-state index contributed by atoms with van der Waals surface area (Å²) in [5, 5.41) is 9.57. The van der Waals surface area contributed by atoms with Crippen molar-refractivity contribution in [2.75, 3.05) is 5.73 Å². The molecule has 2 rings (SSSR count). The highest BCUT2D eigenvalue weighted by molar-refractivity contribution is 5.69. The van der Waals surface area contributed by atoms with E-state index in [1.807, 2.05) is 6.92 Å². The largest absolute Gasteiger partial charge is 0.387 e. The molecule has 0 saturated carbocycles. The smallest absolute Gasteiger partial charge is 0.280 e. The number of hydrogen-bond acceptors (Lipinski definition) is 6. The minimum absolute atomic E-state index is 0.00408. The molecule has 2 aromatic heterocycles. The van der Waals surface area contributed by atoms with E-state index in [-0.39, 0.29) is 17.1 Å². The van der Waals surface area contributed by atoms with Gasteiger partial charge in [0.05, 0.1) is 18.0 Å². The Morgan fingerprint density at radius 2 is 2.31 bits per heavy atom. The summed E-state index contributed by atoms with van der Waals surface area (Å²) in [5.74, 6) is -0.00408. The van der Waals surface area contributed by atoms with E-state index in [4.69, 9.17) is 5.73 Å². The van der Waals surface area contributed by atoms with Gasteiger partial charge in [-0.1, -0.05) is 6.92 Å². The fraction of sp³-hybridized carbons (Fsp3) is 0.333. The summed E-state index contributed by atoms with van der Waals surface area (Å²) in [4.78, 5) is 25.6. The molecule has 0 aliphatic heterocycles. The van der Waals surface area contributed by atoms with Crippen molar-refractivity contribution in [2.24, 2.45) is 0 Å². The summed E-state index contributed by atoms with van der Waals surface area (Å²) in [6, 6.07) is 0. The quantitative estimate of drug-likeness (QED) is 0.643. The predicted octanol–water partition coefficient (Wildman–Crippen LogP) is -0.261. The van der Waals surface area contributed by atoms with Crippen molar-refractivity contribution >= 4 is 17.1 Å². The van der Waals surface area contributed by atoms with Gasteiger partial charge in [-0.2, -0.15) is 4.98 Å². The van der Waals surface area contributed by atoms with Crippen LogP contribution < -0.4 is 11.3 Å². The van der Waals surface area contributed by atoms with Gasteiger partial charge in [0.2, 0.25) is 5.95 Å². The lowest BCUT2D eigenvalue weighted by Gasteiger charge is -2.06. The van der Waals surface area contributed by atoms with Crippen molar-refractivity contribution in [1.29, 1.82) is 0 Å². The molecule has 0 fully saturated rings. The van der Waals surface area contributed by atoms with Gasteiger partial charge in [0.1, 0.15) is 0 Å². The van der Waals surface area contributed by atoms with E-state index in [2.05, 4.69) is 19.9 Å². The number of nitrogen functional groups attached to an aromatic ring is 1. The van der Waals surface area contributed by atoms with E-state index in [1.54, 1.807) is 0 Å². The minimum atomic E-state index is -0.728. The van der Waals surface area contributed by atoms with Crippen molar-refractivity contribution < 1.29 is 5.11 Å². The lowest BCUT2D eigenvalue weighted by molar-refractivity contribution is 0.169. The third-order valence-electron chi connectivity index (χ3n) is 2.18. The van der Waals surface area contributed by atoms with E-state index >= 15 is 0 Å². The molecule has 0 aliphatic carbocycles. The molecule has 0 amide bonds. The number of nitrogens with zero attached hydrogens (tertiary/aromatic N) is 3. The van der Waals surface area contributed by atoms with Crippen LogP contribution in [0.3, 0.4) is 0 Å². The molecule has 0 unspecified atom stereocenters. The molecule has 2 heterocycles. The first kappa shape index (κ1) is 10.5. The predicted molar refractivity (Wildman–Crippen MR) is 57.6 cm³/mol. The molecular weight excluding hydrogens is 210 g/mol. The molecule has 7 nitrogen and oxygen atoms in total. The van der Waals surface area contributed by atoms with E-state index in [9.17, 15) is 9.90 Å². The van der Waals surface area contributed by atoms with Gasteiger partial charge in [-0.15, -0.1) is 0 Å². The number of fused-ring (bicyclic) bond motifs is 1. The van der Waals surface area contributed by atoms with Gasteiger partial charge < -0.3 is 10.8 Å². The van der Waals surface area contributed by atoms with E-state index in [1.165, 1.54) is 6.20 Å². The third kappa shape index (κ3) is 1.72. The van der Waals surface area contributed by atoms with Crippen LogP contribution in [-0.2, 0) is 0 Å². The van der Waals surface area contributed by atoms with Crippen LogP contribution in [0.2, 0.25) is 0 Å². The average molecular weight is 221 g/mol. The zero-order valence-corrected chi connectivity index (χ0v) is 8.64. The van der Waals surface area contributed by atoms with Crippen molar-refractivity contribution in [2.45, 2.75) is 19.4 Å². The second-order valence-electron chi connectivity index (χ2n) is 3.34. The maximum absolute atomic E-state index is 11.5. The Morgan fingerprint density at radius 1 is 1.56 bits per heavy atom. The van der Waals surface area contributed by atoms with Crippen molar-refractivity contribution in [3.05, 3.63) is 22.2 Å². The number of aromatic nitrogens is 4. The highest BCUT2D eigenvalue weighted by atomic mass is 16.3. The van der Waals surface area contributed by atoms with E-state index in [0.29, 0.717) is 12.1 Å². The molecule has 0 aliphatic rings. The fourth-order valence-electron chi connectivity index (χ4n) is 1.32. The molecule has 2 aromatic rings. The third-order valence-corrected chi connectivity index (χ3v) is 2.18. The van der Waals surface area contributed by atoms with Gasteiger partial charge in [-0.05, 0) is 6.42 Å². The van der Waals surface area contributed by atoms with E-state index < -0.39 is 11.7 Å². The second kappa shape index (κ2) is 3.86. The monoisotopic (exact) mass is 221 g/mol. The molecule has 0 aromatic carbocycles. The SMILES string of the molecule is CC[C@H](O)c1cnc2nc(N)[nH]c(=O)c2n1. The summed E-state index contributed by atoms with van der Waals surface area (Å²) in [5.41, 5.74) is 5.52. The minimum Gasteiger partial charge on any atom is -0.387 e. The van der Waals surface area contributed by atoms with Crippen LogP contribution in [0.5, 0.6) is 0 Å². The topological polar surface area (TPSA) is 118 Å². The standard InChI is InChI=1S/C9H11N5O2/c1-2-5(15)4-3-11-7-6(12-4)8(16)14-9(10)13-7/h3,5,15H,2H2,1H3,(H3,10,11,13,14,16)/t5-/m0/s1. The maximum Gasteiger partial charge on any atom is 0.280 e. The molecule has 1 atom stereocenters. The van der Waals surface area contributed by atoms with Gasteiger partial charge in [0.25, 0.3) is 5.56 Å². The van der Waals surface area contributed by atoms with Crippen LogP contribution in [0.4, 0.5) is 5.95 Å². The molecule has 4 N–H and O–H groups in total. The van der Waals surface area contributed by atoms with Crippen LogP contribution in [0, 0.1) is 0 Å². The Hall–Kier alpha value is -2.02. The number of anilines is 1. The van der Waals surface area contributed by atoms with E-state index in [0.717, 1.165) is 0 Å². The Kier molecular flexibility index (Phi) is 2.53. The summed E-state index contributed by atoms with van der Waals surface area (Å²) >= 11 is 0. The summed E-state index contributed by atoms with van der Waals surface area (Å²) in [6.07, 6.45) is 1.16. The number of H-pyrrole nitrogens is 1. The average Bonchev–Trinajstić information content (AvgIpc) is 2.27. The van der Waals surface area contributed by atoms with Gasteiger partial charge in [-0.3, -0.25) is 9.78 Å². The second-order valence-corrected chi connectivity index (χ2v) is 3.34. The molecule has 0 spiro atoms. The van der Waals surface area contributed by atoms with Crippen LogP contribution in [-0.4, -0.2) is 25.0 Å². The number of nitrogens with two attached hydrogens (primary N) is 1. The normalized spacial score (nSPS) is 12.9. The first-order valence-electron chi connectivity index (χ1n) is 4.82. The summed E-state index contributed by atoms with van der Waals surface area (Å²) < 4.78 is 0. The summed E-state index contributed by atoms with van der Waals surface area (Å²) in [7, 11) is 0. The highest BCUT2D eigenvalue weighted by Crippen LogP contribution is 2.13. The number of aliphatic hydroxyl groups excluding tert-OH is 1. The zero-order valence-electron chi connectivity index (χ0n) is 8.64. The first-order chi connectivity index (χ1) is 7.61. The Labute approximate surface area is 90.4 Å². The first-order valence-corrected chi connectivity index (χ1v) is 4.82. The zero-order chi connectivity index (χ0) is 11.7. The molecular formula is C9H11N5O2. The molecule has 7 heteroatoms. The van der Waals surface area contributed by atoms with Crippen molar-refractivity contribution in [3.8, 4) is 0 Å². The fourth-order valence-corrected chi connectivity index (χ4v) is 1.32. The Bertz CT molecular complexity index is 580. The van der Waals surface area contributed by atoms with Gasteiger partial charge in [-0.25, -0.2) is 9.97 Å². The molecule has 84 valence electrons. The number of nitrogens with one attached hydrogen (secondary N) is 1. The van der Waals surface area contributed by atoms with Crippen molar-refractivity contribution in [1.82, 2.24) is 19.9 Å². The van der Waals surface area contributed by atoms with Crippen molar-refractivity contribution in [3.63, 3.8) is 0 Å². The van der Waals surface area contributed by atoms with Crippen LogP contribution in [0.1, 0.15) is 25.1 Å². The number of rotatable bonds is 2. The van der Waals surface area contributed by atoms with Gasteiger partial charge in [0, 0.05) is 0 Å². The molecule has 0 radical (unpaired) electrons. The maximum atomic E-state index is 11.5. The highest BCUT2D eigenvalue weighted by Gasteiger charge is 2.11. The van der Waals surface area contributed by atoms with Gasteiger partial charge >= 0.3 is 0 Å². The number of hydrogen-bond donors (Lipinski definition) is 3. The number of aliphatic hydroxyl groups is 1. The number of aromatic amines is 1. The Morgan fingerprint density at radius 3 is 3.00 bits per heavy atom. The summed E-state index contributed by atoms with van der Waals surface area (Å²) in [6.45, 7) is 1.81. The molecule has 16 heavy (non-hydrogen) atoms. The van der Waals surface area contributed by atoms with Crippen LogP contribution in [0.25, 0.3) is 11.2 Å². The molecule has 0 saturated heterocycles. The van der Waals surface area contributed by atoms with Crippen LogP contribution >= 0.6 is 0 Å². The van der Waals surface area contributed by atoms with Crippen LogP contribution in [0.15, 0.2) is 11.0 Å². The lowest BCUT2D eigenvalue weighted by atomic mass is 10.2. The van der Waals surface area contributed by atoms with Gasteiger partial charge in [0.15, 0.2) is 11.2 Å². The molecule has 0 bridgehead atoms. The lowest BCUT2D eigenvalue weighted by Crippen LogP contribution is -2.15. The Balaban J connectivity index is 2.67.